The van der Waals surface area contributed by atoms with E-state index in [4.69, 9.17) is 11.6 Å². The molecule has 1 unspecified atom stereocenters. The molecular formula is C13H19ClO. The summed E-state index contributed by atoms with van der Waals surface area (Å²) in [6.07, 6.45) is 0.669. The minimum absolute atomic E-state index is 0.244. The van der Waals surface area contributed by atoms with Crippen molar-refractivity contribution in [3.8, 4) is 0 Å². The zero-order valence-corrected chi connectivity index (χ0v) is 10.6. The Kier molecular flexibility index (Phi) is 3.80. The van der Waals surface area contributed by atoms with E-state index in [1.54, 1.807) is 0 Å². The molecule has 1 aromatic carbocycles. The summed E-state index contributed by atoms with van der Waals surface area (Å²) in [4.78, 5) is 0. The summed E-state index contributed by atoms with van der Waals surface area (Å²) in [6, 6.07) is 5.91. The first kappa shape index (κ1) is 12.5. The molecule has 1 atom stereocenters. The van der Waals surface area contributed by atoms with Gasteiger partial charge in [0.15, 0.2) is 0 Å². The molecule has 0 aliphatic carbocycles. The van der Waals surface area contributed by atoms with Crippen LogP contribution in [0, 0.1) is 12.8 Å². The molecular weight excluding hydrogens is 208 g/mol. The molecule has 1 nitrogen and oxygen atoms in total. The number of halogens is 1. The lowest BCUT2D eigenvalue weighted by Crippen LogP contribution is -2.33. The van der Waals surface area contributed by atoms with Crippen molar-refractivity contribution in [1.29, 1.82) is 0 Å². The number of aliphatic hydroxyl groups is 1. The van der Waals surface area contributed by atoms with Gasteiger partial charge < -0.3 is 5.11 Å². The van der Waals surface area contributed by atoms with E-state index in [1.807, 2.05) is 45.9 Å². The lowest BCUT2D eigenvalue weighted by Gasteiger charge is -2.27. The van der Waals surface area contributed by atoms with Crippen LogP contribution in [0.3, 0.4) is 0 Å². The number of hydrogen-bond donors (Lipinski definition) is 1. The van der Waals surface area contributed by atoms with E-state index in [1.165, 1.54) is 0 Å². The third-order valence-electron chi connectivity index (χ3n) is 3.03. The van der Waals surface area contributed by atoms with Crippen LogP contribution in [0.25, 0.3) is 0 Å². The van der Waals surface area contributed by atoms with Crippen molar-refractivity contribution in [1.82, 2.24) is 0 Å². The highest BCUT2D eigenvalue weighted by molar-refractivity contribution is 6.31. The first-order valence-corrected chi connectivity index (χ1v) is 5.68. The van der Waals surface area contributed by atoms with Gasteiger partial charge in [0, 0.05) is 11.4 Å². The minimum atomic E-state index is -0.653. The van der Waals surface area contributed by atoms with E-state index in [9.17, 15) is 5.11 Å². The lowest BCUT2D eigenvalue weighted by atomic mass is 9.86. The Hall–Kier alpha value is -0.530. The maximum Gasteiger partial charge on any atom is 0.0682 e. The van der Waals surface area contributed by atoms with Crippen molar-refractivity contribution in [3.63, 3.8) is 0 Å². The van der Waals surface area contributed by atoms with Crippen molar-refractivity contribution in [3.05, 3.63) is 34.3 Å². The van der Waals surface area contributed by atoms with Gasteiger partial charge in [0.05, 0.1) is 5.60 Å². The average Bonchev–Trinajstić information content (AvgIpc) is 2.10. The van der Waals surface area contributed by atoms with Crippen molar-refractivity contribution < 1.29 is 5.11 Å². The molecule has 0 bridgehead atoms. The van der Waals surface area contributed by atoms with Gasteiger partial charge in [0.25, 0.3) is 0 Å². The highest BCUT2D eigenvalue weighted by atomic mass is 35.5. The highest BCUT2D eigenvalue weighted by Gasteiger charge is 2.25. The van der Waals surface area contributed by atoms with E-state index < -0.39 is 5.60 Å². The zero-order chi connectivity index (χ0) is 11.6. The Labute approximate surface area is 97.1 Å². The summed E-state index contributed by atoms with van der Waals surface area (Å²) >= 11 is 5.95. The smallest absolute Gasteiger partial charge is 0.0682 e. The van der Waals surface area contributed by atoms with Crippen molar-refractivity contribution in [2.45, 2.75) is 39.7 Å². The van der Waals surface area contributed by atoms with Crippen LogP contribution in [0.1, 0.15) is 31.9 Å². The van der Waals surface area contributed by atoms with Gasteiger partial charge in [-0.3, -0.25) is 0 Å². The minimum Gasteiger partial charge on any atom is -0.390 e. The molecule has 0 aliphatic rings. The van der Waals surface area contributed by atoms with Crippen LogP contribution < -0.4 is 0 Å². The fourth-order valence-electron chi connectivity index (χ4n) is 1.43. The van der Waals surface area contributed by atoms with Gasteiger partial charge in [-0.05, 0) is 37.0 Å². The standard InChI is InChI=1S/C13H19ClO/c1-9(2)13(4,15)8-11-5-6-12(14)10(3)7-11/h5-7,9,15H,8H2,1-4H3. The first-order chi connectivity index (χ1) is 6.83. The normalized spacial score (nSPS) is 15.4. The largest absolute Gasteiger partial charge is 0.390 e. The van der Waals surface area contributed by atoms with Crippen LogP contribution in [-0.2, 0) is 6.42 Å². The number of hydrogen-bond acceptors (Lipinski definition) is 1. The maximum absolute atomic E-state index is 10.2. The van der Waals surface area contributed by atoms with Gasteiger partial charge >= 0.3 is 0 Å². The fraction of sp³-hybridized carbons (Fsp3) is 0.538. The molecule has 0 amide bonds. The summed E-state index contributed by atoms with van der Waals surface area (Å²) in [5.74, 6) is 0.244. The van der Waals surface area contributed by atoms with Crippen LogP contribution >= 0.6 is 11.6 Å². The van der Waals surface area contributed by atoms with Gasteiger partial charge in [0.2, 0.25) is 0 Å². The average molecular weight is 227 g/mol. The van der Waals surface area contributed by atoms with Gasteiger partial charge in [-0.2, -0.15) is 0 Å². The Morgan fingerprint density at radius 1 is 1.40 bits per heavy atom. The Morgan fingerprint density at radius 3 is 2.47 bits per heavy atom. The third kappa shape index (κ3) is 3.22. The van der Waals surface area contributed by atoms with Crippen LogP contribution in [0.15, 0.2) is 18.2 Å². The van der Waals surface area contributed by atoms with E-state index >= 15 is 0 Å². The molecule has 0 saturated carbocycles. The summed E-state index contributed by atoms with van der Waals surface area (Å²) in [7, 11) is 0. The second-order valence-corrected chi connectivity index (χ2v) is 5.18. The molecule has 0 fully saturated rings. The first-order valence-electron chi connectivity index (χ1n) is 5.30. The van der Waals surface area contributed by atoms with Crippen LogP contribution in [0.2, 0.25) is 5.02 Å². The number of benzene rings is 1. The van der Waals surface area contributed by atoms with E-state index in [0.29, 0.717) is 6.42 Å². The molecule has 0 spiro atoms. The van der Waals surface area contributed by atoms with E-state index in [2.05, 4.69) is 0 Å². The molecule has 1 aromatic rings. The second-order valence-electron chi connectivity index (χ2n) is 4.77. The van der Waals surface area contributed by atoms with Gasteiger partial charge in [-0.15, -0.1) is 0 Å². The van der Waals surface area contributed by atoms with Crippen LogP contribution in [0.4, 0.5) is 0 Å². The summed E-state index contributed by atoms with van der Waals surface area (Å²) in [6.45, 7) is 7.92. The number of aryl methyl sites for hydroxylation is 1. The van der Waals surface area contributed by atoms with Gasteiger partial charge in [-0.1, -0.05) is 37.6 Å². The van der Waals surface area contributed by atoms with E-state index in [0.717, 1.165) is 16.1 Å². The third-order valence-corrected chi connectivity index (χ3v) is 3.45. The van der Waals surface area contributed by atoms with Crippen molar-refractivity contribution in [2.24, 2.45) is 5.92 Å². The predicted molar refractivity (Wildman–Crippen MR) is 65.4 cm³/mol. The van der Waals surface area contributed by atoms with Crippen molar-refractivity contribution >= 4 is 11.6 Å². The van der Waals surface area contributed by atoms with Gasteiger partial charge in [0.1, 0.15) is 0 Å². The topological polar surface area (TPSA) is 20.2 Å². The molecule has 0 saturated heterocycles. The molecule has 84 valence electrons. The Morgan fingerprint density at radius 2 is 2.00 bits per heavy atom. The molecule has 2 heteroatoms. The molecule has 0 heterocycles. The van der Waals surface area contributed by atoms with Crippen LogP contribution in [0.5, 0.6) is 0 Å². The zero-order valence-electron chi connectivity index (χ0n) is 9.84. The predicted octanol–water partition coefficient (Wildman–Crippen LogP) is 3.60. The second kappa shape index (κ2) is 4.54. The molecule has 15 heavy (non-hydrogen) atoms. The monoisotopic (exact) mass is 226 g/mol. The fourth-order valence-corrected chi connectivity index (χ4v) is 1.55. The Balaban J connectivity index is 2.86. The number of rotatable bonds is 3. The van der Waals surface area contributed by atoms with E-state index in [-0.39, 0.29) is 5.92 Å². The summed E-state index contributed by atoms with van der Waals surface area (Å²) < 4.78 is 0. The van der Waals surface area contributed by atoms with Gasteiger partial charge in [-0.25, -0.2) is 0 Å². The quantitative estimate of drug-likeness (QED) is 0.835. The summed E-state index contributed by atoms with van der Waals surface area (Å²) in [5.41, 5.74) is 1.55. The molecule has 0 aliphatic heterocycles. The highest BCUT2D eigenvalue weighted by Crippen LogP contribution is 2.24. The van der Waals surface area contributed by atoms with Crippen LogP contribution in [-0.4, -0.2) is 10.7 Å². The maximum atomic E-state index is 10.2. The molecule has 1 N–H and O–H groups in total. The Bertz CT molecular complexity index is 342. The SMILES string of the molecule is Cc1cc(CC(C)(O)C(C)C)ccc1Cl. The summed E-state index contributed by atoms with van der Waals surface area (Å²) in [5, 5.41) is 11.0. The lowest BCUT2D eigenvalue weighted by molar-refractivity contribution is 0.0139. The molecule has 0 radical (unpaired) electrons. The molecule has 0 aromatic heterocycles. The molecule has 1 rings (SSSR count). The van der Waals surface area contributed by atoms with Crippen molar-refractivity contribution in [2.75, 3.05) is 0 Å².